The number of benzene rings is 1. The molecule has 6 heteroatoms. The average Bonchev–Trinajstić information content (AvgIpc) is 2.81. The van der Waals surface area contributed by atoms with E-state index in [1.165, 1.54) is 6.07 Å². The summed E-state index contributed by atoms with van der Waals surface area (Å²) in [5, 5.41) is 3.68. The van der Waals surface area contributed by atoms with E-state index in [-0.39, 0.29) is 5.82 Å². The molecule has 1 aromatic carbocycles. The van der Waals surface area contributed by atoms with Gasteiger partial charge in [0, 0.05) is 16.9 Å². The first-order valence-corrected chi connectivity index (χ1v) is 7.11. The summed E-state index contributed by atoms with van der Waals surface area (Å²) in [5.74, 6) is -0.292. The third kappa shape index (κ3) is 2.78. The molecule has 0 spiro atoms. The second kappa shape index (κ2) is 5.42. The summed E-state index contributed by atoms with van der Waals surface area (Å²) in [7, 11) is 0. The normalized spacial score (nSPS) is 10.9. The van der Waals surface area contributed by atoms with Crippen LogP contribution in [0.15, 0.2) is 47.2 Å². The molecule has 20 heavy (non-hydrogen) atoms. The summed E-state index contributed by atoms with van der Waals surface area (Å²) in [4.78, 5) is 4.43. The van der Waals surface area contributed by atoms with Crippen molar-refractivity contribution in [3.8, 4) is 0 Å². The molecular formula is C14H10BrClFN3. The van der Waals surface area contributed by atoms with Crippen molar-refractivity contribution in [2.24, 2.45) is 0 Å². The number of anilines is 1. The van der Waals surface area contributed by atoms with Crippen LogP contribution in [0.5, 0.6) is 0 Å². The van der Waals surface area contributed by atoms with E-state index in [0.717, 1.165) is 15.8 Å². The van der Waals surface area contributed by atoms with Gasteiger partial charge >= 0.3 is 0 Å². The first-order valence-electron chi connectivity index (χ1n) is 5.94. The highest BCUT2D eigenvalue weighted by Gasteiger charge is 2.05. The van der Waals surface area contributed by atoms with Crippen molar-refractivity contribution in [1.82, 2.24) is 9.38 Å². The fourth-order valence-corrected chi connectivity index (χ4v) is 2.45. The standard InChI is InChI=1S/C14H10BrClFN3/c15-9-1-3-12(17)13(5-9)18-6-11-8-20-7-10(16)2-4-14(20)19-11/h1-5,7-8,18H,6H2. The van der Waals surface area contributed by atoms with Crippen LogP contribution >= 0.6 is 27.5 Å². The molecule has 0 bridgehead atoms. The number of nitrogens with one attached hydrogen (secondary N) is 1. The van der Waals surface area contributed by atoms with Crippen LogP contribution in [0.2, 0.25) is 5.02 Å². The summed E-state index contributed by atoms with van der Waals surface area (Å²) in [6, 6.07) is 8.39. The van der Waals surface area contributed by atoms with Gasteiger partial charge in [0.2, 0.25) is 0 Å². The highest BCUT2D eigenvalue weighted by Crippen LogP contribution is 2.20. The van der Waals surface area contributed by atoms with E-state index < -0.39 is 0 Å². The SMILES string of the molecule is Fc1ccc(Br)cc1NCc1cn2cc(Cl)ccc2n1. The van der Waals surface area contributed by atoms with Gasteiger partial charge in [-0.25, -0.2) is 9.37 Å². The lowest BCUT2D eigenvalue weighted by molar-refractivity contribution is 0.629. The number of pyridine rings is 1. The molecule has 0 fully saturated rings. The highest BCUT2D eigenvalue weighted by molar-refractivity contribution is 9.10. The molecule has 0 saturated heterocycles. The number of aromatic nitrogens is 2. The number of halogens is 3. The number of fused-ring (bicyclic) bond motifs is 1. The molecule has 0 saturated carbocycles. The minimum atomic E-state index is -0.292. The highest BCUT2D eigenvalue weighted by atomic mass is 79.9. The number of imidazole rings is 1. The van der Waals surface area contributed by atoms with Gasteiger partial charge in [0.15, 0.2) is 0 Å². The topological polar surface area (TPSA) is 29.3 Å². The van der Waals surface area contributed by atoms with E-state index in [0.29, 0.717) is 17.3 Å². The first-order chi connectivity index (χ1) is 9.61. The molecule has 0 aliphatic carbocycles. The quantitative estimate of drug-likeness (QED) is 0.750. The molecular weight excluding hydrogens is 345 g/mol. The van der Waals surface area contributed by atoms with Gasteiger partial charge in [-0.05, 0) is 30.3 Å². The van der Waals surface area contributed by atoms with Crippen LogP contribution in [0.4, 0.5) is 10.1 Å². The van der Waals surface area contributed by atoms with Crippen molar-refractivity contribution in [2.75, 3.05) is 5.32 Å². The first kappa shape index (κ1) is 13.4. The van der Waals surface area contributed by atoms with Gasteiger partial charge in [0.25, 0.3) is 0 Å². The van der Waals surface area contributed by atoms with E-state index in [1.54, 1.807) is 24.4 Å². The monoisotopic (exact) mass is 353 g/mol. The Labute approximate surface area is 128 Å². The van der Waals surface area contributed by atoms with Gasteiger partial charge in [-0.3, -0.25) is 0 Å². The van der Waals surface area contributed by atoms with E-state index in [1.807, 2.05) is 16.7 Å². The third-order valence-electron chi connectivity index (χ3n) is 2.85. The van der Waals surface area contributed by atoms with Crippen molar-refractivity contribution in [3.05, 3.63) is 63.7 Å². The van der Waals surface area contributed by atoms with Crippen molar-refractivity contribution < 1.29 is 4.39 Å². The number of hydrogen-bond acceptors (Lipinski definition) is 2. The molecule has 3 aromatic rings. The Kier molecular flexibility index (Phi) is 3.63. The Morgan fingerprint density at radius 1 is 1.25 bits per heavy atom. The van der Waals surface area contributed by atoms with Gasteiger partial charge in [-0.1, -0.05) is 27.5 Å². The summed E-state index contributed by atoms with van der Waals surface area (Å²) < 4.78 is 16.3. The molecule has 0 aliphatic heterocycles. The van der Waals surface area contributed by atoms with Crippen molar-refractivity contribution in [2.45, 2.75) is 6.54 Å². The Morgan fingerprint density at radius 3 is 2.95 bits per heavy atom. The third-order valence-corrected chi connectivity index (χ3v) is 3.57. The summed E-state index contributed by atoms with van der Waals surface area (Å²) in [5.41, 5.74) is 2.06. The summed E-state index contributed by atoms with van der Waals surface area (Å²) in [6.45, 7) is 0.437. The van der Waals surface area contributed by atoms with Crippen LogP contribution in [-0.4, -0.2) is 9.38 Å². The van der Waals surface area contributed by atoms with Crippen LogP contribution in [0.1, 0.15) is 5.69 Å². The lowest BCUT2D eigenvalue weighted by Crippen LogP contribution is -2.01. The molecule has 2 heterocycles. The largest absolute Gasteiger partial charge is 0.377 e. The maximum absolute atomic E-state index is 13.6. The average molecular weight is 355 g/mol. The second-order valence-electron chi connectivity index (χ2n) is 4.32. The molecule has 0 aliphatic rings. The summed E-state index contributed by atoms with van der Waals surface area (Å²) >= 11 is 9.24. The van der Waals surface area contributed by atoms with Crippen LogP contribution < -0.4 is 5.32 Å². The Morgan fingerprint density at radius 2 is 2.10 bits per heavy atom. The van der Waals surface area contributed by atoms with Crippen LogP contribution in [0.25, 0.3) is 5.65 Å². The molecule has 3 nitrogen and oxygen atoms in total. The molecule has 0 unspecified atom stereocenters. The van der Waals surface area contributed by atoms with Crippen molar-refractivity contribution >= 4 is 38.9 Å². The van der Waals surface area contributed by atoms with Crippen molar-refractivity contribution in [1.29, 1.82) is 0 Å². The molecule has 102 valence electrons. The maximum atomic E-state index is 13.6. The van der Waals surface area contributed by atoms with E-state index in [4.69, 9.17) is 11.6 Å². The Balaban J connectivity index is 1.81. The van der Waals surface area contributed by atoms with Gasteiger partial charge in [-0.15, -0.1) is 0 Å². The number of rotatable bonds is 3. The fourth-order valence-electron chi connectivity index (χ4n) is 1.92. The smallest absolute Gasteiger partial charge is 0.146 e. The second-order valence-corrected chi connectivity index (χ2v) is 5.67. The van der Waals surface area contributed by atoms with Crippen LogP contribution in [0, 0.1) is 5.82 Å². The molecule has 0 atom stereocenters. The Hall–Kier alpha value is -1.59. The lowest BCUT2D eigenvalue weighted by atomic mass is 10.3. The summed E-state index contributed by atoms with van der Waals surface area (Å²) in [6.07, 6.45) is 3.65. The van der Waals surface area contributed by atoms with Gasteiger partial charge < -0.3 is 9.72 Å². The zero-order valence-corrected chi connectivity index (χ0v) is 12.6. The zero-order valence-electron chi connectivity index (χ0n) is 10.3. The van der Waals surface area contributed by atoms with Gasteiger partial charge in [-0.2, -0.15) is 0 Å². The molecule has 2 aromatic heterocycles. The minimum Gasteiger partial charge on any atom is -0.377 e. The van der Waals surface area contributed by atoms with E-state index in [9.17, 15) is 4.39 Å². The molecule has 0 radical (unpaired) electrons. The van der Waals surface area contributed by atoms with Crippen molar-refractivity contribution in [3.63, 3.8) is 0 Å². The van der Waals surface area contributed by atoms with E-state index in [2.05, 4.69) is 26.2 Å². The predicted molar refractivity (Wildman–Crippen MR) is 81.6 cm³/mol. The zero-order chi connectivity index (χ0) is 14.1. The fraction of sp³-hybridized carbons (Fsp3) is 0.0714. The van der Waals surface area contributed by atoms with Crippen LogP contribution in [-0.2, 0) is 6.54 Å². The van der Waals surface area contributed by atoms with Gasteiger partial charge in [0.05, 0.1) is 22.9 Å². The molecule has 1 N–H and O–H groups in total. The lowest BCUT2D eigenvalue weighted by Gasteiger charge is -2.06. The molecule has 0 amide bonds. The minimum absolute atomic E-state index is 0.292. The van der Waals surface area contributed by atoms with E-state index >= 15 is 0 Å². The van der Waals surface area contributed by atoms with Gasteiger partial charge in [0.1, 0.15) is 11.5 Å². The Bertz CT molecular complexity index is 772. The maximum Gasteiger partial charge on any atom is 0.146 e. The van der Waals surface area contributed by atoms with Crippen LogP contribution in [0.3, 0.4) is 0 Å². The molecule has 3 rings (SSSR count). The number of nitrogens with zero attached hydrogens (tertiary/aromatic N) is 2. The number of hydrogen-bond donors (Lipinski definition) is 1. The predicted octanol–water partition coefficient (Wildman–Crippen LogP) is 4.50.